The van der Waals surface area contributed by atoms with Gasteiger partial charge in [-0.1, -0.05) is 60.7 Å². The van der Waals surface area contributed by atoms with Crippen LogP contribution in [0.2, 0.25) is 0 Å². The summed E-state index contributed by atoms with van der Waals surface area (Å²) in [4.78, 5) is 53.3. The van der Waals surface area contributed by atoms with Crippen molar-refractivity contribution in [2.75, 3.05) is 46.3 Å². The molecule has 0 saturated carbocycles. The fraction of sp³-hybridized carbons (Fsp3) is 0.500. The van der Waals surface area contributed by atoms with Crippen LogP contribution in [-0.4, -0.2) is 91.8 Å². The number of rotatable bonds is 16. The highest BCUT2D eigenvalue weighted by atomic mass is 16.2. The molecule has 1 fully saturated rings. The smallest absolute Gasteiger partial charge is 0.246 e. The van der Waals surface area contributed by atoms with Crippen molar-refractivity contribution in [2.45, 2.75) is 57.0 Å². The lowest BCUT2D eigenvalue weighted by Crippen LogP contribution is -2.51. The Morgan fingerprint density at radius 1 is 0.952 bits per heavy atom. The average molecular weight is 579 g/mol. The van der Waals surface area contributed by atoms with Crippen LogP contribution < -0.4 is 21.7 Å². The molecule has 1 heterocycles. The summed E-state index contributed by atoms with van der Waals surface area (Å²) in [5, 5.41) is 8.15. The lowest BCUT2D eigenvalue weighted by atomic mass is 9.88. The van der Waals surface area contributed by atoms with Crippen molar-refractivity contribution in [3.63, 3.8) is 0 Å². The number of nitrogens with zero attached hydrogens (tertiary/aromatic N) is 2. The predicted octanol–water partition coefficient (Wildman–Crippen LogP) is 1.61. The summed E-state index contributed by atoms with van der Waals surface area (Å²) in [6, 6.07) is 20.1. The van der Waals surface area contributed by atoms with Crippen molar-refractivity contribution in [1.29, 1.82) is 0 Å². The summed E-state index contributed by atoms with van der Waals surface area (Å²) in [6.07, 6.45) is 4.30. The van der Waals surface area contributed by atoms with E-state index in [2.05, 4.69) is 52.2 Å². The van der Waals surface area contributed by atoms with Crippen LogP contribution in [0.4, 0.5) is 0 Å². The van der Waals surface area contributed by atoms with E-state index in [1.807, 2.05) is 36.4 Å². The van der Waals surface area contributed by atoms with Crippen LogP contribution in [0.3, 0.4) is 0 Å². The van der Waals surface area contributed by atoms with Crippen molar-refractivity contribution in [3.8, 4) is 0 Å². The molecule has 4 amide bonds. The first-order valence-electron chi connectivity index (χ1n) is 14.9. The number of imide groups is 1. The fourth-order valence-electron chi connectivity index (χ4n) is 5.47. The molecule has 0 aromatic heterocycles. The number of hydrogen-bond donors (Lipinski definition) is 4. The molecule has 42 heavy (non-hydrogen) atoms. The molecular weight excluding hydrogens is 532 g/mol. The van der Waals surface area contributed by atoms with Gasteiger partial charge in [-0.15, -0.1) is 0 Å². The van der Waals surface area contributed by atoms with Gasteiger partial charge in [0.15, 0.2) is 0 Å². The summed E-state index contributed by atoms with van der Waals surface area (Å²) in [6.45, 7) is 2.96. The predicted molar refractivity (Wildman–Crippen MR) is 163 cm³/mol. The van der Waals surface area contributed by atoms with Crippen LogP contribution in [0, 0.1) is 0 Å². The van der Waals surface area contributed by atoms with Gasteiger partial charge in [0.2, 0.25) is 23.6 Å². The van der Waals surface area contributed by atoms with Gasteiger partial charge in [-0.2, -0.15) is 0 Å². The molecule has 0 aliphatic carbocycles. The van der Waals surface area contributed by atoms with E-state index in [0.29, 0.717) is 19.0 Å². The first-order chi connectivity index (χ1) is 20.2. The Morgan fingerprint density at radius 2 is 1.60 bits per heavy atom. The molecule has 0 spiro atoms. The van der Waals surface area contributed by atoms with Gasteiger partial charge in [-0.25, -0.2) is 0 Å². The maximum atomic E-state index is 13.1. The lowest BCUT2D eigenvalue weighted by molar-refractivity contribution is -0.139. The van der Waals surface area contributed by atoms with E-state index in [9.17, 15) is 19.2 Å². The number of amides is 4. The summed E-state index contributed by atoms with van der Waals surface area (Å²) in [7, 11) is 2.08. The molecule has 2 aromatic rings. The zero-order chi connectivity index (χ0) is 30.3. The van der Waals surface area contributed by atoms with Crippen molar-refractivity contribution < 1.29 is 19.2 Å². The Labute approximate surface area is 249 Å². The van der Waals surface area contributed by atoms with Crippen LogP contribution in [0.1, 0.15) is 56.1 Å². The maximum absolute atomic E-state index is 13.1. The minimum Gasteiger partial charge on any atom is -0.355 e. The molecular formula is C32H46N6O4. The van der Waals surface area contributed by atoms with E-state index >= 15 is 0 Å². The quantitative estimate of drug-likeness (QED) is 0.222. The Balaban J connectivity index is 1.47. The standard InChI is InChI=1S/C32H46N6O4/c1-24(39)35-19-21-38(32(42)29(33)16-15-27-14-9-20-37(27)2)23-31(41)36-30(40)22-34-18-17-28(25-10-5-3-6-11-25)26-12-7-4-8-13-26/h3-8,10-13,27-29,34H,9,14-23,33H2,1-2H3,(H,35,39)(H,36,40,41)/t27-,29+/m1/s1. The molecule has 0 unspecified atom stereocenters. The second-order valence-electron chi connectivity index (χ2n) is 11.0. The third-order valence-corrected chi connectivity index (χ3v) is 7.78. The van der Waals surface area contributed by atoms with Gasteiger partial charge >= 0.3 is 0 Å². The zero-order valence-corrected chi connectivity index (χ0v) is 24.9. The Hall–Kier alpha value is -3.60. The van der Waals surface area contributed by atoms with Crippen molar-refractivity contribution in [3.05, 3.63) is 71.8 Å². The van der Waals surface area contributed by atoms with Gasteiger partial charge in [-0.05, 0) is 63.4 Å². The largest absolute Gasteiger partial charge is 0.355 e. The summed E-state index contributed by atoms with van der Waals surface area (Å²) in [5.41, 5.74) is 8.63. The highest BCUT2D eigenvalue weighted by Crippen LogP contribution is 2.27. The van der Waals surface area contributed by atoms with Crippen molar-refractivity contribution >= 4 is 23.6 Å². The third-order valence-electron chi connectivity index (χ3n) is 7.78. The summed E-state index contributed by atoms with van der Waals surface area (Å²) < 4.78 is 0. The highest BCUT2D eigenvalue weighted by Gasteiger charge is 2.27. The SMILES string of the molecule is CC(=O)NCCN(CC(=O)NC(=O)CNCCC(c1ccccc1)c1ccccc1)C(=O)[C@@H](N)CC[C@H]1CCCN1C. The zero-order valence-electron chi connectivity index (χ0n) is 24.9. The summed E-state index contributed by atoms with van der Waals surface area (Å²) >= 11 is 0. The maximum Gasteiger partial charge on any atom is 0.246 e. The molecule has 228 valence electrons. The van der Waals surface area contributed by atoms with Crippen molar-refractivity contribution in [2.24, 2.45) is 5.73 Å². The monoisotopic (exact) mass is 578 g/mol. The molecule has 0 bridgehead atoms. The molecule has 1 aliphatic heterocycles. The number of benzene rings is 2. The third kappa shape index (κ3) is 11.0. The molecule has 10 heteroatoms. The van der Waals surface area contributed by atoms with Gasteiger partial charge in [0, 0.05) is 32.0 Å². The van der Waals surface area contributed by atoms with E-state index in [-0.39, 0.29) is 43.9 Å². The normalized spacial score (nSPS) is 15.8. The van der Waals surface area contributed by atoms with Gasteiger partial charge in [0.1, 0.15) is 6.54 Å². The van der Waals surface area contributed by atoms with Crippen LogP contribution in [0.15, 0.2) is 60.7 Å². The van der Waals surface area contributed by atoms with Crippen LogP contribution in [0.5, 0.6) is 0 Å². The number of carbonyl (C=O) groups excluding carboxylic acids is 4. The molecule has 10 nitrogen and oxygen atoms in total. The molecule has 1 aliphatic rings. The molecule has 5 N–H and O–H groups in total. The lowest BCUT2D eigenvalue weighted by Gasteiger charge is -2.26. The van der Waals surface area contributed by atoms with Crippen LogP contribution >= 0.6 is 0 Å². The molecule has 3 rings (SSSR count). The van der Waals surface area contributed by atoms with Crippen molar-refractivity contribution in [1.82, 2.24) is 25.8 Å². The number of likely N-dealkylation sites (tertiary alicyclic amines) is 1. The average Bonchev–Trinajstić information content (AvgIpc) is 3.40. The number of hydrogen-bond acceptors (Lipinski definition) is 7. The minimum atomic E-state index is -0.760. The number of nitrogens with one attached hydrogen (secondary N) is 3. The molecule has 2 aromatic carbocycles. The van der Waals surface area contributed by atoms with E-state index in [0.717, 1.165) is 32.2 Å². The second-order valence-corrected chi connectivity index (χ2v) is 11.0. The Bertz CT molecular complexity index is 1110. The number of nitrogens with two attached hydrogens (primary N) is 1. The van der Waals surface area contributed by atoms with E-state index in [1.165, 1.54) is 23.0 Å². The first-order valence-corrected chi connectivity index (χ1v) is 14.9. The fourth-order valence-corrected chi connectivity index (χ4v) is 5.47. The second kappa shape index (κ2) is 17.4. The van der Waals surface area contributed by atoms with Gasteiger partial charge < -0.3 is 26.2 Å². The minimum absolute atomic E-state index is 0.0315. The summed E-state index contributed by atoms with van der Waals surface area (Å²) in [5.74, 6) is -1.49. The molecule has 2 atom stereocenters. The first kappa shape index (κ1) is 32.9. The Morgan fingerprint density at radius 3 is 2.17 bits per heavy atom. The van der Waals surface area contributed by atoms with E-state index in [1.54, 1.807) is 0 Å². The van der Waals surface area contributed by atoms with Gasteiger partial charge in [0.25, 0.3) is 0 Å². The van der Waals surface area contributed by atoms with E-state index < -0.39 is 17.9 Å². The Kier molecular flexibility index (Phi) is 13.6. The van der Waals surface area contributed by atoms with E-state index in [4.69, 9.17) is 5.73 Å². The highest BCUT2D eigenvalue weighted by molar-refractivity contribution is 5.98. The molecule has 0 radical (unpaired) electrons. The van der Waals surface area contributed by atoms with Gasteiger partial charge in [-0.3, -0.25) is 24.5 Å². The molecule has 1 saturated heterocycles. The van der Waals surface area contributed by atoms with Crippen LogP contribution in [0.25, 0.3) is 0 Å². The van der Waals surface area contributed by atoms with Crippen LogP contribution in [-0.2, 0) is 19.2 Å². The topological polar surface area (TPSA) is 137 Å². The van der Waals surface area contributed by atoms with Gasteiger partial charge in [0.05, 0.1) is 12.6 Å². The number of carbonyl (C=O) groups is 4.